The number of nitrogens with zero attached hydrogens (tertiary/aromatic N) is 3. The van der Waals surface area contributed by atoms with Crippen molar-refractivity contribution in [3.63, 3.8) is 0 Å². The second-order valence-electron chi connectivity index (χ2n) is 6.38. The van der Waals surface area contributed by atoms with Crippen molar-refractivity contribution in [2.45, 2.75) is 26.3 Å². The SMILES string of the molecule is Cc1nc(CN2CCC(CNc3cc(Br)ccc3[N+](=O)[O-])CC2)cs1. The fraction of sp³-hybridized carbons (Fsp3) is 0.471. The van der Waals surface area contributed by atoms with E-state index in [1.54, 1.807) is 23.5 Å². The molecule has 1 saturated heterocycles. The average Bonchev–Trinajstić information content (AvgIpc) is 2.99. The number of anilines is 1. The molecule has 0 aliphatic carbocycles. The van der Waals surface area contributed by atoms with E-state index < -0.39 is 0 Å². The van der Waals surface area contributed by atoms with E-state index in [1.165, 1.54) is 6.07 Å². The Labute approximate surface area is 159 Å². The van der Waals surface area contributed by atoms with Crippen molar-refractivity contribution in [2.24, 2.45) is 5.92 Å². The van der Waals surface area contributed by atoms with E-state index in [0.717, 1.165) is 54.2 Å². The molecule has 8 heteroatoms. The fourth-order valence-corrected chi connectivity index (χ4v) is 4.09. The van der Waals surface area contributed by atoms with E-state index in [1.807, 2.05) is 6.92 Å². The van der Waals surface area contributed by atoms with Gasteiger partial charge in [-0.25, -0.2) is 4.98 Å². The molecule has 3 rings (SSSR count). The highest BCUT2D eigenvalue weighted by atomic mass is 79.9. The molecule has 0 saturated carbocycles. The van der Waals surface area contributed by atoms with Gasteiger partial charge in [-0.1, -0.05) is 15.9 Å². The molecule has 1 aliphatic rings. The second-order valence-corrected chi connectivity index (χ2v) is 8.35. The molecule has 1 aromatic heterocycles. The van der Waals surface area contributed by atoms with Crippen molar-refractivity contribution in [3.05, 3.63) is 48.9 Å². The first-order valence-corrected chi connectivity index (χ1v) is 9.99. The lowest BCUT2D eigenvalue weighted by atomic mass is 9.96. The molecule has 134 valence electrons. The van der Waals surface area contributed by atoms with Gasteiger partial charge in [-0.2, -0.15) is 0 Å². The Hall–Kier alpha value is -1.51. The Morgan fingerprint density at radius 2 is 2.20 bits per heavy atom. The quantitative estimate of drug-likeness (QED) is 0.547. The number of aromatic nitrogens is 1. The van der Waals surface area contributed by atoms with Gasteiger partial charge in [0.1, 0.15) is 5.69 Å². The molecule has 6 nitrogen and oxygen atoms in total. The standard InChI is InChI=1S/C17H21BrN4O2S/c1-12-20-15(11-25-12)10-21-6-4-13(5-7-21)9-19-16-8-14(18)2-3-17(16)22(23)24/h2-3,8,11,13,19H,4-7,9-10H2,1H3. The third-order valence-electron chi connectivity index (χ3n) is 4.50. The first-order valence-electron chi connectivity index (χ1n) is 8.32. The van der Waals surface area contributed by atoms with Gasteiger partial charge in [-0.3, -0.25) is 15.0 Å². The third-order valence-corrected chi connectivity index (χ3v) is 5.81. The Balaban J connectivity index is 1.50. The van der Waals surface area contributed by atoms with Crippen LogP contribution in [0.4, 0.5) is 11.4 Å². The van der Waals surface area contributed by atoms with Crippen molar-refractivity contribution in [1.29, 1.82) is 0 Å². The summed E-state index contributed by atoms with van der Waals surface area (Å²) in [7, 11) is 0. The van der Waals surface area contributed by atoms with Crippen LogP contribution in [-0.2, 0) is 6.54 Å². The van der Waals surface area contributed by atoms with Gasteiger partial charge in [0, 0.05) is 29.0 Å². The van der Waals surface area contributed by atoms with Crippen molar-refractivity contribution < 1.29 is 4.92 Å². The number of hydrogen-bond acceptors (Lipinski definition) is 6. The molecular weight excluding hydrogens is 404 g/mol. The van der Waals surface area contributed by atoms with E-state index >= 15 is 0 Å². The van der Waals surface area contributed by atoms with Gasteiger partial charge in [-0.05, 0) is 50.9 Å². The van der Waals surface area contributed by atoms with Crippen LogP contribution in [-0.4, -0.2) is 34.4 Å². The van der Waals surface area contributed by atoms with Crippen molar-refractivity contribution in [2.75, 3.05) is 25.0 Å². The number of nitrogens with one attached hydrogen (secondary N) is 1. The van der Waals surface area contributed by atoms with Crippen LogP contribution in [0.5, 0.6) is 0 Å². The maximum absolute atomic E-state index is 11.1. The number of aryl methyl sites for hydroxylation is 1. The molecule has 1 aromatic carbocycles. The Morgan fingerprint density at radius 3 is 2.84 bits per heavy atom. The molecule has 1 N–H and O–H groups in total. The number of nitro groups is 1. The number of halogens is 1. The van der Waals surface area contributed by atoms with Gasteiger partial charge >= 0.3 is 0 Å². The topological polar surface area (TPSA) is 71.3 Å². The number of rotatable bonds is 6. The predicted octanol–water partition coefficient (Wildman–Crippen LogP) is 4.45. The first-order chi connectivity index (χ1) is 12.0. The Bertz CT molecular complexity index is 744. The summed E-state index contributed by atoms with van der Waals surface area (Å²) in [6.45, 7) is 5.81. The van der Waals surface area contributed by atoms with Crippen LogP contribution < -0.4 is 5.32 Å². The molecule has 2 aromatic rings. The van der Waals surface area contributed by atoms with E-state index in [2.05, 4.69) is 36.5 Å². The molecule has 1 fully saturated rings. The molecule has 0 spiro atoms. The van der Waals surface area contributed by atoms with Crippen LogP contribution in [0.15, 0.2) is 28.1 Å². The molecule has 0 radical (unpaired) electrons. The summed E-state index contributed by atoms with van der Waals surface area (Å²) in [6.07, 6.45) is 2.19. The van der Waals surface area contributed by atoms with Gasteiger partial charge in [0.2, 0.25) is 0 Å². The molecule has 2 heterocycles. The summed E-state index contributed by atoms with van der Waals surface area (Å²) in [5.41, 5.74) is 1.86. The minimum Gasteiger partial charge on any atom is -0.379 e. The normalized spacial score (nSPS) is 16.1. The highest BCUT2D eigenvalue weighted by Crippen LogP contribution is 2.29. The van der Waals surface area contributed by atoms with Crippen LogP contribution in [0, 0.1) is 23.0 Å². The number of piperidine rings is 1. The largest absolute Gasteiger partial charge is 0.379 e. The van der Waals surface area contributed by atoms with Crippen molar-refractivity contribution >= 4 is 38.6 Å². The van der Waals surface area contributed by atoms with Crippen LogP contribution in [0.3, 0.4) is 0 Å². The van der Waals surface area contributed by atoms with Gasteiger partial charge in [0.05, 0.1) is 15.6 Å². The van der Waals surface area contributed by atoms with Gasteiger partial charge in [0.15, 0.2) is 0 Å². The predicted molar refractivity (Wildman–Crippen MR) is 104 cm³/mol. The van der Waals surface area contributed by atoms with E-state index in [-0.39, 0.29) is 10.6 Å². The molecule has 0 atom stereocenters. The van der Waals surface area contributed by atoms with Crippen molar-refractivity contribution in [1.82, 2.24) is 9.88 Å². The minimum absolute atomic E-state index is 0.125. The number of hydrogen-bond donors (Lipinski definition) is 1. The highest BCUT2D eigenvalue weighted by molar-refractivity contribution is 9.10. The Kier molecular flexibility index (Phi) is 6.03. The number of likely N-dealkylation sites (tertiary alicyclic amines) is 1. The summed E-state index contributed by atoms with van der Waals surface area (Å²) in [5, 5.41) is 17.7. The lowest BCUT2D eigenvalue weighted by Crippen LogP contribution is -2.35. The van der Waals surface area contributed by atoms with Crippen LogP contribution >= 0.6 is 27.3 Å². The Morgan fingerprint density at radius 1 is 1.44 bits per heavy atom. The first kappa shape index (κ1) is 18.3. The molecular formula is C17H21BrN4O2S. The number of nitro benzene ring substituents is 1. The highest BCUT2D eigenvalue weighted by Gasteiger charge is 2.21. The van der Waals surface area contributed by atoms with Crippen LogP contribution in [0.2, 0.25) is 0 Å². The molecule has 0 bridgehead atoms. The number of thiazole rings is 1. The monoisotopic (exact) mass is 424 g/mol. The van der Waals surface area contributed by atoms with E-state index in [9.17, 15) is 10.1 Å². The van der Waals surface area contributed by atoms with Crippen LogP contribution in [0.1, 0.15) is 23.5 Å². The maximum atomic E-state index is 11.1. The number of benzene rings is 1. The van der Waals surface area contributed by atoms with Gasteiger partial charge < -0.3 is 5.32 Å². The lowest BCUT2D eigenvalue weighted by Gasteiger charge is -2.31. The minimum atomic E-state index is -0.340. The summed E-state index contributed by atoms with van der Waals surface area (Å²) in [5.74, 6) is 0.534. The molecule has 1 aliphatic heterocycles. The molecule has 0 amide bonds. The van der Waals surface area contributed by atoms with Gasteiger partial charge in [-0.15, -0.1) is 11.3 Å². The zero-order valence-corrected chi connectivity index (χ0v) is 16.5. The smallest absolute Gasteiger partial charge is 0.292 e. The van der Waals surface area contributed by atoms with Crippen LogP contribution in [0.25, 0.3) is 0 Å². The summed E-state index contributed by atoms with van der Waals surface area (Å²) < 4.78 is 0.842. The zero-order chi connectivity index (χ0) is 17.8. The van der Waals surface area contributed by atoms with E-state index in [0.29, 0.717) is 11.6 Å². The molecule has 0 unspecified atom stereocenters. The second kappa shape index (κ2) is 8.25. The maximum Gasteiger partial charge on any atom is 0.292 e. The third kappa shape index (κ3) is 4.99. The zero-order valence-electron chi connectivity index (χ0n) is 14.1. The van der Waals surface area contributed by atoms with Crippen molar-refractivity contribution in [3.8, 4) is 0 Å². The lowest BCUT2D eigenvalue weighted by molar-refractivity contribution is -0.384. The van der Waals surface area contributed by atoms with E-state index in [4.69, 9.17) is 0 Å². The summed E-state index contributed by atoms with van der Waals surface area (Å²) >= 11 is 5.08. The van der Waals surface area contributed by atoms with Gasteiger partial charge in [0.25, 0.3) is 5.69 Å². The average molecular weight is 425 g/mol. The fourth-order valence-electron chi connectivity index (χ4n) is 3.12. The molecule has 25 heavy (non-hydrogen) atoms. The summed E-state index contributed by atoms with van der Waals surface area (Å²) in [6, 6.07) is 5.00. The summed E-state index contributed by atoms with van der Waals surface area (Å²) in [4.78, 5) is 17.8.